The lowest BCUT2D eigenvalue weighted by Gasteiger charge is -2.23. The van der Waals surface area contributed by atoms with E-state index in [0.717, 1.165) is 36.2 Å². The minimum absolute atomic E-state index is 0.0296. The van der Waals surface area contributed by atoms with Crippen LogP contribution in [0.1, 0.15) is 37.6 Å². The first kappa shape index (κ1) is 16.9. The lowest BCUT2D eigenvalue weighted by atomic mass is 10.2. The molecule has 3 rings (SSSR count). The molecule has 1 N–H and O–H groups in total. The molecule has 2 aromatic rings. The van der Waals surface area contributed by atoms with Gasteiger partial charge in [-0.3, -0.25) is 9.59 Å². The van der Waals surface area contributed by atoms with Crippen LogP contribution in [-0.2, 0) is 16.0 Å². The molecular formula is C18H23N3O2S. The maximum atomic E-state index is 12.4. The summed E-state index contributed by atoms with van der Waals surface area (Å²) >= 11 is 1.67. The van der Waals surface area contributed by atoms with Crippen molar-refractivity contribution in [1.29, 1.82) is 0 Å². The summed E-state index contributed by atoms with van der Waals surface area (Å²) < 4.78 is 1.17. The highest BCUT2D eigenvalue weighted by atomic mass is 32.1. The van der Waals surface area contributed by atoms with Crippen LogP contribution in [0, 0.1) is 0 Å². The summed E-state index contributed by atoms with van der Waals surface area (Å²) in [7, 11) is 0. The van der Waals surface area contributed by atoms with Crippen LogP contribution < -0.4 is 5.32 Å². The number of carbonyl (C=O) groups is 2. The molecule has 1 aliphatic heterocycles. The first-order chi connectivity index (χ1) is 11.7. The minimum Gasteiger partial charge on any atom is -0.354 e. The molecule has 1 atom stereocenters. The lowest BCUT2D eigenvalue weighted by molar-refractivity contribution is -0.138. The molecule has 1 aliphatic rings. The van der Waals surface area contributed by atoms with Gasteiger partial charge in [0.2, 0.25) is 11.8 Å². The normalized spacial score (nSPS) is 17.4. The smallest absolute Gasteiger partial charge is 0.242 e. The number of rotatable bonds is 6. The molecule has 5 nitrogen and oxygen atoms in total. The standard InChI is InChI=1S/C18H23N3O2S/c1-2-6-17(22)21-12-5-8-14(21)18(23)19-11-10-16-20-13-7-3-4-9-15(13)24-16/h3-4,7,9,14H,2,5-6,8,10-12H2,1H3,(H,19,23)/t14-/m1/s1. The van der Waals surface area contributed by atoms with Gasteiger partial charge in [-0.15, -0.1) is 11.3 Å². The van der Waals surface area contributed by atoms with E-state index in [1.165, 1.54) is 4.70 Å². The monoisotopic (exact) mass is 345 g/mol. The number of nitrogens with zero attached hydrogens (tertiary/aromatic N) is 2. The van der Waals surface area contributed by atoms with E-state index < -0.39 is 0 Å². The molecule has 6 heteroatoms. The summed E-state index contributed by atoms with van der Waals surface area (Å²) in [5.74, 6) is 0.0689. The molecular weight excluding hydrogens is 322 g/mol. The topological polar surface area (TPSA) is 62.3 Å². The molecule has 0 saturated carbocycles. The third-order valence-corrected chi connectivity index (χ3v) is 5.41. The molecule has 0 aliphatic carbocycles. The maximum Gasteiger partial charge on any atom is 0.242 e. The Kier molecular flexibility index (Phi) is 5.45. The second kappa shape index (κ2) is 7.75. The van der Waals surface area contributed by atoms with Crippen molar-refractivity contribution in [2.24, 2.45) is 0 Å². The Morgan fingerprint density at radius 1 is 1.38 bits per heavy atom. The van der Waals surface area contributed by atoms with Crippen LogP contribution >= 0.6 is 11.3 Å². The van der Waals surface area contributed by atoms with Gasteiger partial charge in [0.1, 0.15) is 6.04 Å². The van der Waals surface area contributed by atoms with Gasteiger partial charge in [0.15, 0.2) is 0 Å². The summed E-state index contributed by atoms with van der Waals surface area (Å²) in [6, 6.07) is 7.76. The molecule has 0 spiro atoms. The van der Waals surface area contributed by atoms with Crippen LogP contribution in [0.5, 0.6) is 0 Å². The number of amides is 2. The summed E-state index contributed by atoms with van der Waals surface area (Å²) in [6.45, 7) is 3.25. The zero-order valence-corrected chi connectivity index (χ0v) is 14.8. The van der Waals surface area contributed by atoms with Crippen molar-refractivity contribution in [3.8, 4) is 0 Å². The van der Waals surface area contributed by atoms with E-state index >= 15 is 0 Å². The van der Waals surface area contributed by atoms with Crippen molar-refractivity contribution >= 4 is 33.4 Å². The fourth-order valence-electron chi connectivity index (χ4n) is 3.13. The van der Waals surface area contributed by atoms with Gasteiger partial charge in [0, 0.05) is 25.9 Å². The van der Waals surface area contributed by atoms with Gasteiger partial charge < -0.3 is 10.2 Å². The lowest BCUT2D eigenvalue weighted by Crippen LogP contribution is -2.46. The van der Waals surface area contributed by atoms with Crippen molar-refractivity contribution in [1.82, 2.24) is 15.2 Å². The number of aromatic nitrogens is 1. The van der Waals surface area contributed by atoms with Gasteiger partial charge in [0.25, 0.3) is 0 Å². The zero-order chi connectivity index (χ0) is 16.9. The van der Waals surface area contributed by atoms with Gasteiger partial charge in [-0.2, -0.15) is 0 Å². The van der Waals surface area contributed by atoms with E-state index in [4.69, 9.17) is 0 Å². The average molecular weight is 345 g/mol. The summed E-state index contributed by atoms with van der Waals surface area (Å²) in [4.78, 5) is 30.8. The number of carbonyl (C=O) groups excluding carboxylic acids is 2. The van der Waals surface area contributed by atoms with Crippen LogP contribution in [0.25, 0.3) is 10.2 Å². The van der Waals surface area contributed by atoms with Crippen molar-refractivity contribution in [3.05, 3.63) is 29.3 Å². The van der Waals surface area contributed by atoms with Gasteiger partial charge in [-0.25, -0.2) is 4.98 Å². The van der Waals surface area contributed by atoms with E-state index in [2.05, 4.69) is 16.4 Å². The van der Waals surface area contributed by atoms with Gasteiger partial charge in [-0.1, -0.05) is 19.1 Å². The number of para-hydroxylation sites is 1. The second-order valence-corrected chi connectivity index (χ2v) is 7.23. The number of thiazole rings is 1. The quantitative estimate of drug-likeness (QED) is 0.876. The third-order valence-electron chi connectivity index (χ3n) is 4.32. The molecule has 0 bridgehead atoms. The van der Waals surface area contributed by atoms with E-state index in [-0.39, 0.29) is 17.9 Å². The summed E-state index contributed by atoms with van der Waals surface area (Å²) in [5.41, 5.74) is 1.01. The molecule has 128 valence electrons. The maximum absolute atomic E-state index is 12.4. The Morgan fingerprint density at radius 3 is 3.00 bits per heavy atom. The van der Waals surface area contributed by atoms with Crippen molar-refractivity contribution < 1.29 is 9.59 Å². The fourth-order valence-corrected chi connectivity index (χ4v) is 4.10. The highest BCUT2D eigenvalue weighted by Gasteiger charge is 2.33. The van der Waals surface area contributed by atoms with Crippen molar-refractivity contribution in [3.63, 3.8) is 0 Å². The largest absolute Gasteiger partial charge is 0.354 e. The molecule has 0 radical (unpaired) electrons. The first-order valence-corrected chi connectivity index (χ1v) is 9.42. The fraction of sp³-hybridized carbons (Fsp3) is 0.500. The Bertz CT molecular complexity index is 695. The molecule has 24 heavy (non-hydrogen) atoms. The van der Waals surface area contributed by atoms with Crippen LogP contribution in [0.15, 0.2) is 24.3 Å². The number of nitrogens with one attached hydrogen (secondary N) is 1. The highest BCUT2D eigenvalue weighted by molar-refractivity contribution is 7.18. The average Bonchev–Trinajstić information content (AvgIpc) is 3.21. The number of hydrogen-bond acceptors (Lipinski definition) is 4. The van der Waals surface area contributed by atoms with Crippen LogP contribution in [0.2, 0.25) is 0 Å². The number of likely N-dealkylation sites (tertiary alicyclic amines) is 1. The van der Waals surface area contributed by atoms with E-state index in [0.29, 0.717) is 19.5 Å². The molecule has 1 aromatic carbocycles. The summed E-state index contributed by atoms with van der Waals surface area (Å²) in [6.07, 6.45) is 3.74. The first-order valence-electron chi connectivity index (χ1n) is 8.60. The molecule has 2 amide bonds. The van der Waals surface area contributed by atoms with Crippen LogP contribution in [0.3, 0.4) is 0 Å². The SMILES string of the molecule is CCCC(=O)N1CCC[C@@H]1C(=O)NCCc1nc2ccccc2s1. The molecule has 1 saturated heterocycles. The van der Waals surface area contributed by atoms with E-state index in [1.54, 1.807) is 16.2 Å². The Hall–Kier alpha value is -1.95. The molecule has 1 fully saturated rings. The highest BCUT2D eigenvalue weighted by Crippen LogP contribution is 2.22. The zero-order valence-electron chi connectivity index (χ0n) is 14.0. The number of benzene rings is 1. The second-order valence-electron chi connectivity index (χ2n) is 6.11. The van der Waals surface area contributed by atoms with Crippen molar-refractivity contribution in [2.75, 3.05) is 13.1 Å². The molecule has 1 aromatic heterocycles. The minimum atomic E-state index is -0.292. The Balaban J connectivity index is 1.52. The molecule has 2 heterocycles. The van der Waals surface area contributed by atoms with Gasteiger partial charge in [0.05, 0.1) is 15.2 Å². The van der Waals surface area contributed by atoms with Crippen LogP contribution in [-0.4, -0.2) is 40.8 Å². The van der Waals surface area contributed by atoms with Crippen molar-refractivity contribution in [2.45, 2.75) is 45.1 Å². The Labute approximate surface area is 146 Å². The Morgan fingerprint density at radius 2 is 2.21 bits per heavy atom. The summed E-state index contributed by atoms with van der Waals surface area (Å²) in [5, 5.41) is 4.01. The van der Waals surface area contributed by atoms with Gasteiger partial charge >= 0.3 is 0 Å². The van der Waals surface area contributed by atoms with E-state index in [9.17, 15) is 9.59 Å². The number of fused-ring (bicyclic) bond motifs is 1. The number of hydrogen-bond donors (Lipinski definition) is 1. The van der Waals surface area contributed by atoms with Crippen LogP contribution in [0.4, 0.5) is 0 Å². The molecule has 0 unspecified atom stereocenters. The predicted octanol–water partition coefficient (Wildman–Crippen LogP) is 2.75. The third kappa shape index (κ3) is 3.75. The van der Waals surface area contributed by atoms with E-state index in [1.807, 2.05) is 25.1 Å². The predicted molar refractivity (Wildman–Crippen MR) is 96.0 cm³/mol. The van der Waals surface area contributed by atoms with Gasteiger partial charge in [-0.05, 0) is 31.4 Å².